The molecule has 1 heterocycles. The summed E-state index contributed by atoms with van der Waals surface area (Å²) in [6.07, 6.45) is 0. The summed E-state index contributed by atoms with van der Waals surface area (Å²) in [5, 5.41) is 2.40. The fourth-order valence-electron chi connectivity index (χ4n) is 1.72. The first kappa shape index (κ1) is 7.68. The molecule has 2 aromatic carbocycles. The molecule has 0 aliphatic rings. The van der Waals surface area contributed by atoms with E-state index in [1.54, 1.807) is 0 Å². The van der Waals surface area contributed by atoms with E-state index >= 15 is 0 Å². The Bertz CT molecular complexity index is 499. The second-order valence-corrected chi connectivity index (χ2v) is 3.37. The van der Waals surface area contributed by atoms with E-state index in [9.17, 15) is 0 Å². The summed E-state index contributed by atoms with van der Waals surface area (Å²) >= 11 is 0. The number of aromatic nitrogens is 1. The molecular formula is C12H8BN. The number of rotatable bonds is 0. The van der Waals surface area contributed by atoms with Crippen LogP contribution in [0.2, 0.25) is 0 Å². The molecule has 0 spiro atoms. The van der Waals surface area contributed by atoms with Gasteiger partial charge in [0.05, 0.1) is 0 Å². The predicted octanol–water partition coefficient (Wildman–Crippen LogP) is 2.73. The first-order chi connectivity index (χ1) is 6.93. The van der Waals surface area contributed by atoms with E-state index in [4.69, 9.17) is 0 Å². The minimum absolute atomic E-state index is 1.06. The molecule has 0 atom stereocenters. The Balaban J connectivity index is 2.52. The number of para-hydroxylation sites is 2. The van der Waals surface area contributed by atoms with Crippen LogP contribution in [0.5, 0.6) is 0 Å². The molecular weight excluding hydrogens is 169 g/mol. The molecule has 14 heavy (non-hydrogen) atoms. The van der Waals surface area contributed by atoms with Crippen molar-refractivity contribution in [3.05, 3.63) is 48.5 Å². The van der Waals surface area contributed by atoms with Gasteiger partial charge < -0.3 is 0 Å². The Labute approximate surface area is 82.6 Å². The van der Waals surface area contributed by atoms with Crippen molar-refractivity contribution in [1.82, 2.24) is 4.98 Å². The fourth-order valence-corrected chi connectivity index (χ4v) is 1.72. The van der Waals surface area contributed by atoms with Crippen LogP contribution < -0.4 is 0 Å². The zero-order valence-corrected chi connectivity index (χ0v) is 7.64. The van der Waals surface area contributed by atoms with Gasteiger partial charge in [0.15, 0.2) is 0 Å². The minimum atomic E-state index is 1.06. The van der Waals surface area contributed by atoms with E-state index in [1.165, 1.54) is 10.6 Å². The van der Waals surface area contributed by atoms with Gasteiger partial charge in [-0.25, -0.2) is 0 Å². The second kappa shape index (κ2) is 2.91. The van der Waals surface area contributed by atoms with E-state index in [-0.39, 0.29) is 0 Å². The van der Waals surface area contributed by atoms with E-state index in [2.05, 4.69) is 24.0 Å². The van der Waals surface area contributed by atoms with Crippen molar-refractivity contribution >= 4 is 28.5 Å². The molecule has 0 unspecified atom stereocenters. The molecule has 0 fully saturated rings. The molecule has 1 aromatic heterocycles. The zero-order chi connectivity index (χ0) is 9.38. The van der Waals surface area contributed by atoms with Gasteiger partial charge in [-0.2, -0.15) is 0 Å². The van der Waals surface area contributed by atoms with Gasteiger partial charge in [-0.05, 0) is 0 Å². The summed E-state index contributed by atoms with van der Waals surface area (Å²) in [4.78, 5) is 4.58. The number of hydrogen-bond acceptors (Lipinski definition) is 1. The Morgan fingerprint density at radius 2 is 1.21 bits per heavy atom. The maximum atomic E-state index is 4.58. The van der Waals surface area contributed by atoms with E-state index in [0.717, 1.165) is 11.0 Å². The number of nitrogens with zero attached hydrogens (tertiary/aromatic N) is 1. The standard InChI is InChI=1S/C12H8BN/c1-3-7-11-9(5-1)13-10-6-2-4-8-12(10)14-11/h1-8H. The predicted molar refractivity (Wildman–Crippen MR) is 60.6 cm³/mol. The molecule has 0 aliphatic heterocycles. The Morgan fingerprint density at radius 3 is 1.79 bits per heavy atom. The second-order valence-electron chi connectivity index (χ2n) is 3.37. The summed E-state index contributed by atoms with van der Waals surface area (Å²) in [5.74, 6) is 0. The summed E-state index contributed by atoms with van der Waals surface area (Å²) in [7, 11) is 0. The van der Waals surface area contributed by atoms with Crippen LogP contribution in [-0.2, 0) is 0 Å². The Kier molecular flexibility index (Phi) is 1.60. The van der Waals surface area contributed by atoms with Gasteiger partial charge in [-0.3, -0.25) is 0 Å². The first-order valence-corrected chi connectivity index (χ1v) is 4.68. The van der Waals surface area contributed by atoms with Crippen LogP contribution in [0.3, 0.4) is 0 Å². The summed E-state index contributed by atoms with van der Waals surface area (Å²) in [5.41, 5.74) is 2.12. The SMILES string of the molecule is b1c2ccccc2nc2ccccc12. The Hall–Kier alpha value is -1.70. The van der Waals surface area contributed by atoms with Gasteiger partial charge in [0.1, 0.15) is 0 Å². The van der Waals surface area contributed by atoms with Gasteiger partial charge in [0, 0.05) is 0 Å². The van der Waals surface area contributed by atoms with Crippen LogP contribution >= 0.6 is 0 Å². The maximum absolute atomic E-state index is 4.58. The van der Waals surface area contributed by atoms with E-state index < -0.39 is 0 Å². The van der Waals surface area contributed by atoms with Crippen molar-refractivity contribution in [2.45, 2.75) is 0 Å². The molecule has 0 N–H and O–H groups in total. The quantitative estimate of drug-likeness (QED) is 0.481. The number of benzene rings is 2. The van der Waals surface area contributed by atoms with Crippen molar-refractivity contribution in [2.75, 3.05) is 0 Å². The molecule has 0 saturated heterocycles. The van der Waals surface area contributed by atoms with Gasteiger partial charge >= 0.3 is 82.0 Å². The summed E-state index contributed by atoms with van der Waals surface area (Å²) < 4.78 is 0. The van der Waals surface area contributed by atoms with Crippen LogP contribution in [0.1, 0.15) is 0 Å². The van der Waals surface area contributed by atoms with Crippen molar-refractivity contribution in [3.8, 4) is 0 Å². The molecule has 64 valence electrons. The monoisotopic (exact) mass is 177 g/mol. The topological polar surface area (TPSA) is 12.9 Å². The van der Waals surface area contributed by atoms with Crippen LogP contribution in [-0.4, -0.2) is 11.9 Å². The van der Waals surface area contributed by atoms with Crippen LogP contribution in [0.15, 0.2) is 48.5 Å². The van der Waals surface area contributed by atoms with Gasteiger partial charge in [0.25, 0.3) is 0 Å². The summed E-state index contributed by atoms with van der Waals surface area (Å²) in [6, 6.07) is 16.4. The molecule has 0 radical (unpaired) electrons. The Morgan fingerprint density at radius 1 is 0.714 bits per heavy atom. The van der Waals surface area contributed by atoms with E-state index in [1.807, 2.05) is 36.4 Å². The van der Waals surface area contributed by atoms with E-state index in [0.29, 0.717) is 0 Å². The molecule has 1 nitrogen and oxygen atoms in total. The normalized spacial score (nSPS) is 10.6. The molecule has 0 saturated carbocycles. The first-order valence-electron chi connectivity index (χ1n) is 4.68. The van der Waals surface area contributed by atoms with Gasteiger partial charge in [-0.15, -0.1) is 0 Å². The number of fused-ring (bicyclic) bond motifs is 2. The molecule has 0 aliphatic carbocycles. The van der Waals surface area contributed by atoms with Crippen LogP contribution in [0.4, 0.5) is 0 Å². The number of hydrogen-bond donors (Lipinski definition) is 0. The average molecular weight is 177 g/mol. The zero-order valence-electron chi connectivity index (χ0n) is 7.64. The third-order valence-corrected chi connectivity index (χ3v) is 2.43. The third-order valence-electron chi connectivity index (χ3n) is 2.43. The fraction of sp³-hybridized carbons (Fsp3) is 0. The molecule has 3 aromatic rings. The van der Waals surface area contributed by atoms with Gasteiger partial charge in [-0.1, -0.05) is 0 Å². The molecule has 0 amide bonds. The van der Waals surface area contributed by atoms with Crippen LogP contribution in [0, 0.1) is 0 Å². The molecule has 0 bridgehead atoms. The van der Waals surface area contributed by atoms with Crippen molar-refractivity contribution in [1.29, 1.82) is 0 Å². The average Bonchev–Trinajstić information content (AvgIpc) is 2.26. The third kappa shape index (κ3) is 1.11. The summed E-state index contributed by atoms with van der Waals surface area (Å²) in [6.45, 7) is 2.18. The van der Waals surface area contributed by atoms with Crippen LogP contribution in [0.25, 0.3) is 21.6 Å². The van der Waals surface area contributed by atoms with Crippen molar-refractivity contribution in [2.24, 2.45) is 0 Å². The molecule has 2 heteroatoms. The van der Waals surface area contributed by atoms with Gasteiger partial charge in [0.2, 0.25) is 0 Å². The van der Waals surface area contributed by atoms with Crippen molar-refractivity contribution in [3.63, 3.8) is 0 Å². The van der Waals surface area contributed by atoms with Crippen molar-refractivity contribution < 1.29 is 0 Å². The molecule has 3 rings (SSSR count).